The Morgan fingerprint density at radius 3 is 2.79 bits per heavy atom. The van der Waals surface area contributed by atoms with Crippen molar-refractivity contribution in [2.75, 3.05) is 0 Å². The third-order valence-electron chi connectivity index (χ3n) is 2.81. The second-order valence-corrected chi connectivity index (χ2v) is 5.39. The van der Waals surface area contributed by atoms with E-state index >= 15 is 0 Å². The number of carbonyl (C=O) groups is 1. The summed E-state index contributed by atoms with van der Waals surface area (Å²) in [6, 6.07) is 6.70. The first-order valence-corrected chi connectivity index (χ1v) is 6.69. The predicted octanol–water partition coefficient (Wildman–Crippen LogP) is 3.74. The van der Waals surface area contributed by atoms with Gasteiger partial charge >= 0.3 is 5.97 Å². The van der Waals surface area contributed by atoms with E-state index < -0.39 is 11.9 Å². The lowest BCUT2D eigenvalue weighted by molar-refractivity contribution is -0.137. The molecule has 19 heavy (non-hydrogen) atoms. The van der Waals surface area contributed by atoms with Crippen LogP contribution in [-0.2, 0) is 4.79 Å². The molecule has 1 aromatic heterocycles. The highest BCUT2D eigenvalue weighted by molar-refractivity contribution is 9.10. The highest BCUT2D eigenvalue weighted by Gasteiger charge is 2.23. The van der Waals surface area contributed by atoms with Crippen molar-refractivity contribution in [3.8, 4) is 5.75 Å². The van der Waals surface area contributed by atoms with E-state index in [-0.39, 0.29) is 12.2 Å². The molecule has 1 unspecified atom stereocenters. The first-order chi connectivity index (χ1) is 8.99. The van der Waals surface area contributed by atoms with Gasteiger partial charge in [0.25, 0.3) is 0 Å². The molecule has 100 valence electrons. The number of halogens is 2. The molecule has 2 aromatic rings. The summed E-state index contributed by atoms with van der Waals surface area (Å²) < 4.78 is 0.442. The number of H-pyrrole nitrogens is 1. The van der Waals surface area contributed by atoms with Crippen LogP contribution in [0, 0.1) is 0 Å². The number of nitrogens with one attached hydrogen (secondary N) is 1. The Morgan fingerprint density at radius 2 is 2.21 bits per heavy atom. The minimum Gasteiger partial charge on any atom is -0.506 e. The van der Waals surface area contributed by atoms with Crippen LogP contribution in [0.1, 0.15) is 23.6 Å². The molecule has 1 atom stereocenters. The zero-order valence-corrected chi connectivity index (χ0v) is 12.1. The number of phenols is 1. The molecule has 0 aliphatic rings. The number of hydrogen-bond acceptors (Lipinski definition) is 2. The van der Waals surface area contributed by atoms with Crippen molar-refractivity contribution >= 4 is 33.5 Å². The van der Waals surface area contributed by atoms with Crippen LogP contribution in [0.25, 0.3) is 0 Å². The van der Waals surface area contributed by atoms with Gasteiger partial charge in [-0.25, -0.2) is 0 Å². The van der Waals surface area contributed by atoms with Crippen LogP contribution in [0.4, 0.5) is 0 Å². The highest BCUT2D eigenvalue weighted by Crippen LogP contribution is 2.39. The Balaban J connectivity index is 2.52. The first-order valence-electron chi connectivity index (χ1n) is 5.52. The average Bonchev–Trinajstić information content (AvgIpc) is 2.84. The lowest BCUT2D eigenvalue weighted by Gasteiger charge is -2.17. The number of rotatable bonds is 4. The van der Waals surface area contributed by atoms with E-state index in [2.05, 4.69) is 20.9 Å². The molecule has 3 N–H and O–H groups in total. The van der Waals surface area contributed by atoms with Crippen molar-refractivity contribution in [1.82, 2.24) is 4.98 Å². The molecule has 2 rings (SSSR count). The molecule has 1 heterocycles. The molecular weight excluding hydrogens is 334 g/mol. The van der Waals surface area contributed by atoms with Gasteiger partial charge in [-0.15, -0.1) is 0 Å². The summed E-state index contributed by atoms with van der Waals surface area (Å²) in [7, 11) is 0. The van der Waals surface area contributed by atoms with Gasteiger partial charge < -0.3 is 15.2 Å². The number of aromatic amines is 1. The van der Waals surface area contributed by atoms with Gasteiger partial charge in [0.2, 0.25) is 0 Å². The van der Waals surface area contributed by atoms with Crippen LogP contribution >= 0.6 is 27.5 Å². The summed E-state index contributed by atoms with van der Waals surface area (Å²) in [5, 5.41) is 19.6. The fourth-order valence-corrected chi connectivity index (χ4v) is 2.81. The van der Waals surface area contributed by atoms with Crippen molar-refractivity contribution in [2.24, 2.45) is 0 Å². The molecule has 0 radical (unpaired) electrons. The minimum atomic E-state index is -0.949. The molecule has 0 aliphatic carbocycles. The fourth-order valence-electron chi connectivity index (χ4n) is 1.97. The summed E-state index contributed by atoms with van der Waals surface area (Å²) in [6.07, 6.45) is 1.57. The van der Waals surface area contributed by atoms with Crippen LogP contribution in [0.2, 0.25) is 5.02 Å². The quantitative estimate of drug-likeness (QED) is 0.791. The SMILES string of the molecule is O=C(O)CC(c1ccc[nH]1)c1cc(Cl)cc(Br)c1O. The normalized spacial score (nSPS) is 12.3. The molecule has 4 nitrogen and oxygen atoms in total. The third-order valence-corrected chi connectivity index (χ3v) is 3.63. The van der Waals surface area contributed by atoms with Gasteiger partial charge in [-0.05, 0) is 40.2 Å². The molecule has 0 saturated carbocycles. The molecule has 1 aromatic carbocycles. The maximum Gasteiger partial charge on any atom is 0.304 e. The summed E-state index contributed by atoms with van der Waals surface area (Å²) in [6.45, 7) is 0. The van der Waals surface area contributed by atoms with Gasteiger partial charge in [0.1, 0.15) is 5.75 Å². The van der Waals surface area contributed by atoms with Gasteiger partial charge in [0.05, 0.1) is 10.9 Å². The highest BCUT2D eigenvalue weighted by atomic mass is 79.9. The number of benzene rings is 1. The molecule has 0 aliphatic heterocycles. The van der Waals surface area contributed by atoms with Crippen LogP contribution in [0.15, 0.2) is 34.9 Å². The van der Waals surface area contributed by atoms with Crippen molar-refractivity contribution in [3.05, 3.63) is 51.2 Å². The smallest absolute Gasteiger partial charge is 0.304 e. The second-order valence-electron chi connectivity index (χ2n) is 4.10. The standard InChI is InChI=1S/C13H11BrClNO3/c14-10-5-7(15)4-9(13(10)19)8(6-12(17)18)11-2-1-3-16-11/h1-5,8,16,19H,6H2,(H,17,18). The number of phenolic OH excluding ortho intramolecular Hbond substituents is 1. The number of carboxylic acid groups (broad SMARTS) is 1. The second kappa shape index (κ2) is 5.67. The van der Waals surface area contributed by atoms with Crippen molar-refractivity contribution in [2.45, 2.75) is 12.3 Å². The van der Waals surface area contributed by atoms with Crippen LogP contribution in [0.5, 0.6) is 5.75 Å². The molecule has 0 spiro atoms. The van der Waals surface area contributed by atoms with E-state index in [4.69, 9.17) is 16.7 Å². The van der Waals surface area contributed by atoms with Crippen LogP contribution in [0.3, 0.4) is 0 Å². The van der Waals surface area contributed by atoms with E-state index in [0.29, 0.717) is 20.8 Å². The Kier molecular flexibility index (Phi) is 4.17. The molecule has 6 heteroatoms. The fraction of sp³-hybridized carbons (Fsp3) is 0.154. The van der Waals surface area contributed by atoms with Gasteiger partial charge in [0.15, 0.2) is 0 Å². The number of aromatic nitrogens is 1. The average molecular weight is 345 g/mol. The van der Waals surface area contributed by atoms with Crippen LogP contribution < -0.4 is 0 Å². The molecular formula is C13H11BrClNO3. The molecule has 0 bridgehead atoms. The van der Waals surface area contributed by atoms with E-state index in [0.717, 1.165) is 0 Å². The topological polar surface area (TPSA) is 73.3 Å². The van der Waals surface area contributed by atoms with E-state index in [1.807, 2.05) is 0 Å². The van der Waals surface area contributed by atoms with Crippen LogP contribution in [-0.4, -0.2) is 21.2 Å². The lowest BCUT2D eigenvalue weighted by atomic mass is 9.92. The number of hydrogen-bond donors (Lipinski definition) is 3. The van der Waals surface area contributed by atoms with Crippen molar-refractivity contribution in [3.63, 3.8) is 0 Å². The summed E-state index contributed by atoms with van der Waals surface area (Å²) in [4.78, 5) is 14.0. The molecule has 0 amide bonds. The Hall–Kier alpha value is -1.46. The van der Waals surface area contributed by atoms with E-state index in [9.17, 15) is 9.90 Å². The third kappa shape index (κ3) is 3.11. The monoisotopic (exact) mass is 343 g/mol. The maximum absolute atomic E-state index is 11.0. The first kappa shape index (κ1) is 14.0. The molecule has 0 fully saturated rings. The van der Waals surface area contributed by atoms with Gasteiger partial charge in [-0.1, -0.05) is 11.6 Å². The number of carboxylic acids is 1. The summed E-state index contributed by atoms with van der Waals surface area (Å²) in [5.41, 5.74) is 1.19. The zero-order chi connectivity index (χ0) is 14.0. The summed E-state index contributed by atoms with van der Waals surface area (Å²) in [5.74, 6) is -1.43. The van der Waals surface area contributed by atoms with E-state index in [1.165, 1.54) is 0 Å². The van der Waals surface area contributed by atoms with Gasteiger partial charge in [0, 0.05) is 28.4 Å². The number of aromatic hydroxyl groups is 1. The van der Waals surface area contributed by atoms with Crippen molar-refractivity contribution < 1.29 is 15.0 Å². The maximum atomic E-state index is 11.0. The Morgan fingerprint density at radius 1 is 1.47 bits per heavy atom. The van der Waals surface area contributed by atoms with Gasteiger partial charge in [-0.2, -0.15) is 0 Å². The minimum absolute atomic E-state index is 0.00486. The van der Waals surface area contributed by atoms with Crippen molar-refractivity contribution in [1.29, 1.82) is 0 Å². The molecule has 0 saturated heterocycles. The lowest BCUT2D eigenvalue weighted by Crippen LogP contribution is -2.09. The largest absolute Gasteiger partial charge is 0.506 e. The van der Waals surface area contributed by atoms with E-state index in [1.54, 1.807) is 30.5 Å². The summed E-state index contributed by atoms with van der Waals surface area (Å²) >= 11 is 9.17. The zero-order valence-electron chi connectivity index (χ0n) is 9.73. The number of aliphatic carboxylic acids is 1. The van der Waals surface area contributed by atoms with Gasteiger partial charge in [-0.3, -0.25) is 4.79 Å². The predicted molar refractivity (Wildman–Crippen MR) is 75.7 cm³/mol. The Bertz CT molecular complexity index is 598. The Labute approximate surface area is 123 Å².